The molecule has 1 aliphatic carbocycles. The smallest absolute Gasteiger partial charge is 0.242 e. The molecule has 0 spiro atoms. The third kappa shape index (κ3) is 2.86. The van der Waals surface area contributed by atoms with Gasteiger partial charge >= 0.3 is 0 Å². The van der Waals surface area contributed by atoms with Crippen LogP contribution in [0.25, 0.3) is 0 Å². The minimum atomic E-state index is -0.898. The van der Waals surface area contributed by atoms with E-state index in [0.29, 0.717) is 19.4 Å². The van der Waals surface area contributed by atoms with Gasteiger partial charge in [-0.3, -0.25) is 9.59 Å². The number of hydrogen-bond donors (Lipinski definition) is 1. The first-order chi connectivity index (χ1) is 13.7. The Labute approximate surface area is 165 Å². The highest BCUT2D eigenvalue weighted by molar-refractivity contribution is 6.18. The van der Waals surface area contributed by atoms with E-state index in [-0.39, 0.29) is 11.8 Å². The molecule has 1 saturated heterocycles. The Bertz CT molecular complexity index is 912. The zero-order valence-corrected chi connectivity index (χ0v) is 16.0. The first-order valence-corrected chi connectivity index (χ1v) is 10.2. The molecular formula is C23H25N3O2. The van der Waals surface area contributed by atoms with Gasteiger partial charge in [0.25, 0.3) is 0 Å². The summed E-state index contributed by atoms with van der Waals surface area (Å²) in [5, 5.41) is 2.99. The lowest BCUT2D eigenvalue weighted by molar-refractivity contribution is -0.132. The van der Waals surface area contributed by atoms with E-state index < -0.39 is 5.41 Å². The van der Waals surface area contributed by atoms with Gasteiger partial charge in [-0.05, 0) is 68.0 Å². The van der Waals surface area contributed by atoms with Crippen molar-refractivity contribution >= 4 is 28.9 Å². The monoisotopic (exact) mass is 375 g/mol. The molecule has 28 heavy (non-hydrogen) atoms. The number of nitrogens with zero attached hydrogens (tertiary/aromatic N) is 2. The summed E-state index contributed by atoms with van der Waals surface area (Å²) in [6.07, 6.45) is 4.59. The largest absolute Gasteiger partial charge is 0.372 e. The van der Waals surface area contributed by atoms with Gasteiger partial charge < -0.3 is 15.1 Å². The van der Waals surface area contributed by atoms with Crippen molar-refractivity contribution in [3.63, 3.8) is 0 Å². The van der Waals surface area contributed by atoms with Crippen LogP contribution in [0, 0.1) is 5.41 Å². The fourth-order valence-electron chi connectivity index (χ4n) is 4.45. The molecule has 5 heteroatoms. The SMILES string of the molecule is O=C(Nc1ccc(N2CCCC2)cc1)C1(C(=O)N2CCc3ccccc32)CC1. The third-order valence-electron chi connectivity index (χ3n) is 6.32. The van der Waals surface area contributed by atoms with E-state index >= 15 is 0 Å². The average molecular weight is 375 g/mol. The standard InChI is InChI=1S/C23H25N3O2/c27-21(24-18-7-9-19(10-8-18)25-14-3-4-15-25)23(12-13-23)22(28)26-16-11-17-5-1-2-6-20(17)26/h1-2,5-10H,3-4,11-16H2,(H,24,27). The summed E-state index contributed by atoms with van der Waals surface area (Å²) >= 11 is 0. The number of benzene rings is 2. The second-order valence-electron chi connectivity index (χ2n) is 8.11. The molecule has 2 heterocycles. The van der Waals surface area contributed by atoms with Gasteiger partial charge in [-0.2, -0.15) is 0 Å². The molecule has 1 N–H and O–H groups in total. The molecule has 2 aromatic rings. The lowest BCUT2D eigenvalue weighted by atomic mass is 10.0. The second-order valence-corrected chi connectivity index (χ2v) is 8.11. The fraction of sp³-hybridized carbons (Fsp3) is 0.391. The van der Waals surface area contributed by atoms with Gasteiger partial charge in [-0.25, -0.2) is 0 Å². The van der Waals surface area contributed by atoms with Crippen LogP contribution in [0.5, 0.6) is 0 Å². The summed E-state index contributed by atoms with van der Waals surface area (Å²) < 4.78 is 0. The van der Waals surface area contributed by atoms with E-state index in [2.05, 4.69) is 28.4 Å². The van der Waals surface area contributed by atoms with Crippen LogP contribution < -0.4 is 15.1 Å². The van der Waals surface area contributed by atoms with Crippen molar-refractivity contribution in [3.8, 4) is 0 Å². The zero-order valence-electron chi connectivity index (χ0n) is 16.0. The number of amides is 2. The predicted octanol–water partition coefficient (Wildman–Crippen LogP) is 3.59. The molecule has 2 aliphatic heterocycles. The Morgan fingerprint density at radius 1 is 0.893 bits per heavy atom. The van der Waals surface area contributed by atoms with Gasteiger partial charge in [0.15, 0.2) is 0 Å². The number of carbonyl (C=O) groups is 2. The summed E-state index contributed by atoms with van der Waals surface area (Å²) in [5.41, 5.74) is 3.20. The topological polar surface area (TPSA) is 52.7 Å². The highest BCUT2D eigenvalue weighted by Gasteiger charge is 2.58. The summed E-state index contributed by atoms with van der Waals surface area (Å²) in [6.45, 7) is 2.86. The Kier molecular flexibility index (Phi) is 4.11. The van der Waals surface area contributed by atoms with E-state index in [4.69, 9.17) is 0 Å². The first kappa shape index (κ1) is 17.3. The maximum absolute atomic E-state index is 13.2. The van der Waals surface area contributed by atoms with Gasteiger partial charge in [0.2, 0.25) is 11.8 Å². The van der Waals surface area contributed by atoms with Crippen molar-refractivity contribution in [1.82, 2.24) is 0 Å². The molecule has 144 valence electrons. The van der Waals surface area contributed by atoms with Crippen LogP contribution in [0.15, 0.2) is 48.5 Å². The lowest BCUT2D eigenvalue weighted by Gasteiger charge is -2.23. The van der Waals surface area contributed by atoms with Crippen LogP contribution in [-0.2, 0) is 16.0 Å². The maximum atomic E-state index is 13.2. The number of carbonyl (C=O) groups excluding carboxylic acids is 2. The number of fused-ring (bicyclic) bond motifs is 1. The summed E-state index contributed by atoms with van der Waals surface area (Å²) in [6, 6.07) is 16.0. The molecule has 5 rings (SSSR count). The normalized spacial score (nSPS) is 19.4. The van der Waals surface area contributed by atoms with Crippen molar-refractivity contribution < 1.29 is 9.59 Å². The van der Waals surface area contributed by atoms with Crippen LogP contribution in [-0.4, -0.2) is 31.4 Å². The summed E-state index contributed by atoms with van der Waals surface area (Å²) in [7, 11) is 0. The van der Waals surface area contributed by atoms with Crippen molar-refractivity contribution in [1.29, 1.82) is 0 Å². The number of hydrogen-bond acceptors (Lipinski definition) is 3. The van der Waals surface area contributed by atoms with Crippen molar-refractivity contribution in [2.75, 3.05) is 34.8 Å². The highest BCUT2D eigenvalue weighted by atomic mass is 16.2. The fourth-order valence-corrected chi connectivity index (χ4v) is 4.45. The molecule has 0 atom stereocenters. The Hall–Kier alpha value is -2.82. The summed E-state index contributed by atoms with van der Waals surface area (Å²) in [4.78, 5) is 30.4. The Balaban J connectivity index is 1.29. The van der Waals surface area contributed by atoms with E-state index in [1.807, 2.05) is 30.3 Å². The van der Waals surface area contributed by atoms with Gasteiger partial charge in [0.1, 0.15) is 5.41 Å². The first-order valence-electron chi connectivity index (χ1n) is 10.2. The van der Waals surface area contributed by atoms with E-state index in [1.54, 1.807) is 4.90 Å². The lowest BCUT2D eigenvalue weighted by Crippen LogP contribution is -2.42. The Morgan fingerprint density at radius 2 is 1.61 bits per heavy atom. The second kappa shape index (κ2) is 6.66. The third-order valence-corrected chi connectivity index (χ3v) is 6.32. The minimum Gasteiger partial charge on any atom is -0.372 e. The van der Waals surface area contributed by atoms with Crippen LogP contribution in [0.3, 0.4) is 0 Å². The van der Waals surface area contributed by atoms with Gasteiger partial charge in [0.05, 0.1) is 0 Å². The molecule has 2 amide bonds. The quantitative estimate of drug-likeness (QED) is 0.831. The molecule has 1 saturated carbocycles. The average Bonchev–Trinajstić information content (AvgIpc) is 3.15. The maximum Gasteiger partial charge on any atom is 0.242 e. The van der Waals surface area contributed by atoms with Gasteiger partial charge in [0, 0.05) is 36.7 Å². The molecule has 0 radical (unpaired) electrons. The van der Waals surface area contributed by atoms with Crippen LogP contribution in [0.1, 0.15) is 31.2 Å². The van der Waals surface area contributed by atoms with E-state index in [1.165, 1.54) is 24.1 Å². The number of nitrogens with one attached hydrogen (secondary N) is 1. The van der Waals surface area contributed by atoms with Crippen molar-refractivity contribution in [2.24, 2.45) is 5.41 Å². The molecular weight excluding hydrogens is 350 g/mol. The van der Waals surface area contributed by atoms with Gasteiger partial charge in [-0.15, -0.1) is 0 Å². The predicted molar refractivity (Wildman–Crippen MR) is 111 cm³/mol. The summed E-state index contributed by atoms with van der Waals surface area (Å²) in [5.74, 6) is -0.223. The number of anilines is 3. The molecule has 0 unspecified atom stereocenters. The molecule has 0 aromatic heterocycles. The minimum absolute atomic E-state index is 0.0522. The van der Waals surface area contributed by atoms with Crippen LogP contribution in [0.2, 0.25) is 0 Å². The molecule has 0 bridgehead atoms. The van der Waals surface area contributed by atoms with E-state index in [9.17, 15) is 9.59 Å². The number of rotatable bonds is 4. The highest BCUT2D eigenvalue weighted by Crippen LogP contribution is 2.49. The Morgan fingerprint density at radius 3 is 2.32 bits per heavy atom. The molecule has 2 aromatic carbocycles. The van der Waals surface area contributed by atoms with Crippen molar-refractivity contribution in [2.45, 2.75) is 32.1 Å². The van der Waals surface area contributed by atoms with Gasteiger partial charge in [-0.1, -0.05) is 18.2 Å². The number of para-hydroxylation sites is 1. The zero-order chi connectivity index (χ0) is 19.1. The van der Waals surface area contributed by atoms with Crippen molar-refractivity contribution in [3.05, 3.63) is 54.1 Å². The molecule has 5 nitrogen and oxygen atoms in total. The molecule has 3 aliphatic rings. The van der Waals surface area contributed by atoms with E-state index in [0.717, 1.165) is 30.9 Å². The molecule has 2 fully saturated rings. The van der Waals surface area contributed by atoms with Crippen LogP contribution >= 0.6 is 0 Å². The van der Waals surface area contributed by atoms with Crippen LogP contribution in [0.4, 0.5) is 17.1 Å².